The normalized spacial score (nSPS) is 12.3. The maximum atomic E-state index is 13.5. The zero-order chi connectivity index (χ0) is 30.8. The quantitative estimate of drug-likeness (QED) is 0.133. The smallest absolute Gasteiger partial charge is 0.323 e. The number of sulfonamides is 1. The zero-order valence-corrected chi connectivity index (χ0v) is 27.5. The van der Waals surface area contributed by atoms with E-state index in [9.17, 15) is 13.2 Å². The number of halogens is 1. The third-order valence-electron chi connectivity index (χ3n) is 6.72. The molecule has 12 heteroatoms. The predicted molar refractivity (Wildman–Crippen MR) is 184 cm³/mol. The topological polar surface area (TPSA) is 103 Å². The van der Waals surface area contributed by atoms with Crippen molar-refractivity contribution >= 4 is 65.8 Å². The molecule has 0 spiro atoms. The third-order valence-corrected chi connectivity index (χ3v) is 9.88. The van der Waals surface area contributed by atoms with Gasteiger partial charge in [0, 0.05) is 36.8 Å². The Morgan fingerprint density at radius 2 is 1.60 bits per heavy atom. The molecule has 4 rings (SSSR count). The van der Waals surface area contributed by atoms with Crippen LogP contribution in [-0.4, -0.2) is 61.8 Å². The van der Waals surface area contributed by atoms with Crippen LogP contribution < -0.4 is 14.8 Å². The summed E-state index contributed by atoms with van der Waals surface area (Å²) in [5.74, 6) is 0.0534. The summed E-state index contributed by atoms with van der Waals surface area (Å²) in [5.41, 5.74) is 4.71. The number of nitrogens with zero attached hydrogens (tertiary/aromatic N) is 2. The Labute approximate surface area is 265 Å². The second-order valence-electron chi connectivity index (χ2n) is 9.86. The number of benzene rings is 3. The summed E-state index contributed by atoms with van der Waals surface area (Å²) in [6.07, 6.45) is 3.84. The number of thiazole rings is 1. The van der Waals surface area contributed by atoms with Crippen LogP contribution in [0.5, 0.6) is 0 Å². The van der Waals surface area contributed by atoms with Crippen molar-refractivity contribution in [1.82, 2.24) is 14.6 Å². The Morgan fingerprint density at radius 3 is 2.16 bits per heavy atom. The number of anilines is 2. The third kappa shape index (κ3) is 9.90. The van der Waals surface area contributed by atoms with Gasteiger partial charge in [-0.05, 0) is 48.2 Å². The molecule has 0 saturated heterocycles. The molecule has 3 aromatic carbocycles. The Kier molecular flexibility index (Phi) is 11.8. The predicted octanol–water partition coefficient (Wildman–Crippen LogP) is 7.12. The summed E-state index contributed by atoms with van der Waals surface area (Å²) < 4.78 is 29.8. The molecule has 2 amide bonds. The molecule has 0 aliphatic carbocycles. The summed E-state index contributed by atoms with van der Waals surface area (Å²) in [6, 6.07) is 27.8. The fourth-order valence-corrected chi connectivity index (χ4v) is 6.67. The summed E-state index contributed by atoms with van der Waals surface area (Å²) in [6.45, 7) is 2.68. The van der Waals surface area contributed by atoms with E-state index in [4.69, 9.17) is 11.6 Å². The van der Waals surface area contributed by atoms with Crippen molar-refractivity contribution in [2.45, 2.75) is 19.3 Å². The van der Waals surface area contributed by atoms with E-state index in [1.807, 2.05) is 67.6 Å². The van der Waals surface area contributed by atoms with E-state index in [2.05, 4.69) is 55.6 Å². The van der Waals surface area contributed by atoms with Gasteiger partial charge in [0.05, 0.1) is 6.26 Å². The minimum atomic E-state index is -3.41. The molecule has 4 aromatic rings. The second kappa shape index (κ2) is 15.5. The van der Waals surface area contributed by atoms with Gasteiger partial charge in [0.25, 0.3) is 0 Å². The lowest BCUT2D eigenvalue weighted by atomic mass is 9.88. The first-order chi connectivity index (χ1) is 20.6. The fourth-order valence-electron chi connectivity index (χ4n) is 4.51. The second-order valence-corrected chi connectivity index (χ2v) is 15.1. The molecule has 0 aliphatic heterocycles. The maximum absolute atomic E-state index is 13.5. The lowest BCUT2D eigenvalue weighted by molar-refractivity contribution is 0.211. The molecular formula is C31H36ClN5O3S3. The van der Waals surface area contributed by atoms with Gasteiger partial charge in [0.1, 0.15) is 10.0 Å². The van der Waals surface area contributed by atoms with Crippen molar-refractivity contribution in [3.63, 3.8) is 0 Å². The molecule has 0 fully saturated rings. The highest BCUT2D eigenvalue weighted by molar-refractivity contribution is 8.15. The SMILES string of the molecule is C/C=S(\C)Nc1ccc(-c2nc(NC(=O)N(CCNS(C)(=O)=O)CCC(c3ccccc3)c3ccccc3)sc2Cl)cc1. The summed E-state index contributed by atoms with van der Waals surface area (Å²) in [4.78, 5) is 19.8. The van der Waals surface area contributed by atoms with Gasteiger partial charge in [0.15, 0.2) is 5.13 Å². The molecule has 228 valence electrons. The number of rotatable bonds is 13. The molecule has 1 atom stereocenters. The highest BCUT2D eigenvalue weighted by atomic mass is 35.5. The van der Waals surface area contributed by atoms with E-state index in [0.717, 1.165) is 28.6 Å². The van der Waals surface area contributed by atoms with E-state index in [1.54, 1.807) is 4.90 Å². The maximum Gasteiger partial charge on any atom is 0.323 e. The Bertz CT molecular complexity index is 1590. The van der Waals surface area contributed by atoms with Crippen LogP contribution in [0.1, 0.15) is 30.4 Å². The van der Waals surface area contributed by atoms with Crippen LogP contribution in [0.3, 0.4) is 0 Å². The molecule has 8 nitrogen and oxygen atoms in total. The molecule has 1 aromatic heterocycles. The lowest BCUT2D eigenvalue weighted by Crippen LogP contribution is -2.41. The number of aromatic nitrogens is 1. The molecule has 3 N–H and O–H groups in total. The average Bonchev–Trinajstić information content (AvgIpc) is 3.36. The van der Waals surface area contributed by atoms with E-state index in [1.165, 1.54) is 11.3 Å². The summed E-state index contributed by atoms with van der Waals surface area (Å²) >= 11 is 7.74. The summed E-state index contributed by atoms with van der Waals surface area (Å²) in [5, 5.41) is 5.36. The first-order valence-corrected chi connectivity index (χ1v) is 18.5. The van der Waals surface area contributed by atoms with Crippen LogP contribution in [0, 0.1) is 0 Å². The molecule has 0 bridgehead atoms. The number of nitrogens with one attached hydrogen (secondary N) is 3. The Balaban J connectivity index is 1.50. The van der Waals surface area contributed by atoms with Gasteiger partial charge in [-0.3, -0.25) is 5.32 Å². The number of carbonyl (C=O) groups excluding carboxylic acids is 1. The van der Waals surface area contributed by atoms with Crippen LogP contribution in [0.25, 0.3) is 11.3 Å². The number of carbonyl (C=O) groups is 1. The molecule has 1 unspecified atom stereocenters. The van der Waals surface area contributed by atoms with Crippen molar-refractivity contribution < 1.29 is 13.2 Å². The van der Waals surface area contributed by atoms with Gasteiger partial charge in [-0.2, -0.15) is 0 Å². The fraction of sp³-hybridized carbons (Fsp3) is 0.258. The molecule has 1 heterocycles. The van der Waals surface area contributed by atoms with Crippen molar-refractivity contribution in [2.24, 2.45) is 0 Å². The van der Waals surface area contributed by atoms with Gasteiger partial charge >= 0.3 is 6.03 Å². The van der Waals surface area contributed by atoms with Crippen LogP contribution in [0.4, 0.5) is 15.6 Å². The minimum absolute atomic E-state index is 0.0301. The highest BCUT2D eigenvalue weighted by Crippen LogP contribution is 2.36. The minimum Gasteiger partial charge on any atom is -0.336 e. The lowest BCUT2D eigenvalue weighted by Gasteiger charge is -2.26. The van der Waals surface area contributed by atoms with E-state index in [0.29, 0.717) is 28.1 Å². The average molecular weight is 658 g/mol. The standard InChI is InChI=1S/C31H36ClN5O3S3/c1-4-42(2)36-26-17-15-25(16-18-26)28-29(32)41-30(34-28)35-31(38)37(22-20-33-43(3,39)40)21-19-27(23-11-7-5-8-12-23)24-13-9-6-10-14-24/h4-18,27,33,36H,19-22H2,1-3H3,(H,34,35,38). The number of urea groups is 1. The largest absolute Gasteiger partial charge is 0.336 e. The molecular weight excluding hydrogens is 622 g/mol. The van der Waals surface area contributed by atoms with Crippen molar-refractivity contribution in [1.29, 1.82) is 0 Å². The van der Waals surface area contributed by atoms with Gasteiger partial charge < -0.3 is 9.62 Å². The van der Waals surface area contributed by atoms with Crippen LogP contribution in [0.2, 0.25) is 4.34 Å². The van der Waals surface area contributed by atoms with Gasteiger partial charge in [-0.15, -0.1) is 10.7 Å². The van der Waals surface area contributed by atoms with Crippen molar-refractivity contribution in [3.05, 3.63) is 100 Å². The van der Waals surface area contributed by atoms with Crippen molar-refractivity contribution in [2.75, 3.05) is 42.2 Å². The first kappa shape index (κ1) is 32.7. The van der Waals surface area contributed by atoms with E-state index >= 15 is 0 Å². The number of hydrogen-bond donors (Lipinski definition) is 3. The molecule has 0 radical (unpaired) electrons. The van der Waals surface area contributed by atoms with Gasteiger partial charge in [-0.25, -0.2) is 22.9 Å². The van der Waals surface area contributed by atoms with Gasteiger partial charge in [-0.1, -0.05) is 95.7 Å². The molecule has 43 heavy (non-hydrogen) atoms. The van der Waals surface area contributed by atoms with Crippen LogP contribution in [-0.2, 0) is 10.0 Å². The Morgan fingerprint density at radius 1 is 1.00 bits per heavy atom. The van der Waals surface area contributed by atoms with E-state index in [-0.39, 0.29) is 35.7 Å². The zero-order valence-electron chi connectivity index (χ0n) is 24.3. The van der Waals surface area contributed by atoms with Crippen LogP contribution >= 0.6 is 33.6 Å². The highest BCUT2D eigenvalue weighted by Gasteiger charge is 2.21. The Hall–Kier alpha value is -3.22. The first-order valence-electron chi connectivity index (χ1n) is 13.7. The molecule has 0 aliphatic rings. The van der Waals surface area contributed by atoms with E-state index < -0.39 is 10.0 Å². The summed E-state index contributed by atoms with van der Waals surface area (Å²) in [7, 11) is -3.44. The number of amides is 2. The monoisotopic (exact) mass is 657 g/mol. The molecule has 0 saturated carbocycles. The van der Waals surface area contributed by atoms with Crippen LogP contribution in [0.15, 0.2) is 84.9 Å². The number of hydrogen-bond acceptors (Lipinski definition) is 6. The van der Waals surface area contributed by atoms with Gasteiger partial charge in [0.2, 0.25) is 10.0 Å². The van der Waals surface area contributed by atoms with Crippen molar-refractivity contribution in [3.8, 4) is 11.3 Å².